The monoisotopic (exact) mass is 388 g/mol. The van der Waals surface area contributed by atoms with Crippen molar-refractivity contribution in [1.82, 2.24) is 4.90 Å². The molecule has 5 nitrogen and oxygen atoms in total. The Morgan fingerprint density at radius 3 is 2.46 bits per heavy atom. The van der Waals surface area contributed by atoms with Gasteiger partial charge in [0.15, 0.2) is 0 Å². The molecule has 1 aliphatic rings. The Morgan fingerprint density at radius 1 is 1.07 bits per heavy atom. The molecule has 0 unspecified atom stereocenters. The molecule has 2 aromatic rings. The van der Waals surface area contributed by atoms with E-state index >= 15 is 0 Å². The number of carbonyl (C=O) groups is 1. The van der Waals surface area contributed by atoms with Crippen LogP contribution in [-0.4, -0.2) is 43.5 Å². The summed E-state index contributed by atoms with van der Waals surface area (Å²) >= 11 is 0. The molecular formula is C20H19F3N4O. The Labute approximate surface area is 161 Å². The molecule has 8 heteroatoms. The quantitative estimate of drug-likeness (QED) is 0.873. The standard InChI is InChI=1S/C20H19F3N4O/c21-20(22,23)16-5-3-6-17(12-16)27-10-8-26(9-11-27)14-19(28)25-18-7-2-1-4-15(18)13-24/h1-7,12H,8-11,14H2,(H,25,28). The summed E-state index contributed by atoms with van der Waals surface area (Å²) in [4.78, 5) is 16.1. The van der Waals surface area contributed by atoms with Crippen molar-refractivity contribution in [2.75, 3.05) is 42.9 Å². The molecule has 1 saturated heterocycles. The maximum absolute atomic E-state index is 12.9. The van der Waals surface area contributed by atoms with E-state index in [1.54, 1.807) is 30.3 Å². The summed E-state index contributed by atoms with van der Waals surface area (Å²) in [5, 5.41) is 11.8. The molecule has 2 aromatic carbocycles. The zero-order chi connectivity index (χ0) is 20.1. The van der Waals surface area contributed by atoms with E-state index in [1.807, 2.05) is 15.9 Å². The average molecular weight is 388 g/mol. The minimum atomic E-state index is -4.37. The number of nitriles is 1. The number of hydrogen-bond donors (Lipinski definition) is 1. The lowest BCUT2D eigenvalue weighted by molar-refractivity contribution is -0.137. The molecule has 1 aliphatic heterocycles. The van der Waals surface area contributed by atoms with Gasteiger partial charge in [0.1, 0.15) is 6.07 Å². The van der Waals surface area contributed by atoms with Gasteiger partial charge in [-0.25, -0.2) is 0 Å². The molecule has 146 valence electrons. The molecule has 1 amide bonds. The zero-order valence-electron chi connectivity index (χ0n) is 15.0. The van der Waals surface area contributed by atoms with E-state index in [9.17, 15) is 18.0 Å². The van der Waals surface area contributed by atoms with Crippen LogP contribution in [0.3, 0.4) is 0 Å². The number of anilines is 2. The van der Waals surface area contributed by atoms with Crippen molar-refractivity contribution in [1.29, 1.82) is 5.26 Å². The van der Waals surface area contributed by atoms with Gasteiger partial charge < -0.3 is 10.2 Å². The van der Waals surface area contributed by atoms with Crippen LogP contribution in [0.1, 0.15) is 11.1 Å². The summed E-state index contributed by atoms with van der Waals surface area (Å²) in [5.41, 5.74) is 0.729. The Hall–Kier alpha value is -3.05. The van der Waals surface area contributed by atoms with Crippen LogP contribution in [0.5, 0.6) is 0 Å². The van der Waals surface area contributed by atoms with Gasteiger partial charge in [0.05, 0.1) is 23.4 Å². The molecule has 1 N–H and O–H groups in total. The van der Waals surface area contributed by atoms with Gasteiger partial charge in [-0.1, -0.05) is 18.2 Å². The van der Waals surface area contributed by atoms with Crippen LogP contribution in [0, 0.1) is 11.3 Å². The lowest BCUT2D eigenvalue weighted by Crippen LogP contribution is -2.48. The fraction of sp³-hybridized carbons (Fsp3) is 0.300. The number of alkyl halides is 3. The first-order chi connectivity index (χ1) is 13.4. The van der Waals surface area contributed by atoms with Crippen LogP contribution in [0.4, 0.5) is 24.5 Å². The Morgan fingerprint density at radius 2 is 1.79 bits per heavy atom. The maximum Gasteiger partial charge on any atom is 0.416 e. The van der Waals surface area contributed by atoms with E-state index in [4.69, 9.17) is 5.26 Å². The lowest BCUT2D eigenvalue weighted by Gasteiger charge is -2.36. The Bertz CT molecular complexity index is 884. The molecule has 28 heavy (non-hydrogen) atoms. The molecule has 0 saturated carbocycles. The molecule has 0 aliphatic carbocycles. The fourth-order valence-electron chi connectivity index (χ4n) is 3.13. The minimum Gasteiger partial charge on any atom is -0.369 e. The summed E-state index contributed by atoms with van der Waals surface area (Å²) in [7, 11) is 0. The normalized spacial score (nSPS) is 15.1. The summed E-state index contributed by atoms with van der Waals surface area (Å²) in [6.07, 6.45) is -4.37. The summed E-state index contributed by atoms with van der Waals surface area (Å²) in [6.45, 7) is 2.34. The van der Waals surface area contributed by atoms with E-state index < -0.39 is 11.7 Å². The molecular weight excluding hydrogens is 369 g/mol. The molecule has 1 fully saturated rings. The van der Waals surface area contributed by atoms with E-state index in [1.165, 1.54) is 6.07 Å². The minimum absolute atomic E-state index is 0.163. The summed E-state index contributed by atoms with van der Waals surface area (Å²) in [6, 6.07) is 14.1. The number of piperazine rings is 1. The first-order valence-electron chi connectivity index (χ1n) is 8.80. The number of nitrogens with one attached hydrogen (secondary N) is 1. The smallest absolute Gasteiger partial charge is 0.369 e. The van der Waals surface area contributed by atoms with E-state index in [0.29, 0.717) is 43.1 Å². The summed E-state index contributed by atoms with van der Waals surface area (Å²) < 4.78 is 38.6. The third-order valence-corrected chi connectivity index (χ3v) is 4.60. The Kier molecular flexibility index (Phi) is 5.85. The first-order valence-corrected chi connectivity index (χ1v) is 8.80. The predicted molar refractivity (Wildman–Crippen MR) is 99.9 cm³/mol. The zero-order valence-corrected chi connectivity index (χ0v) is 15.0. The topological polar surface area (TPSA) is 59.4 Å². The van der Waals surface area contributed by atoms with Gasteiger partial charge in [0.25, 0.3) is 0 Å². The number of rotatable bonds is 4. The third-order valence-electron chi connectivity index (χ3n) is 4.60. The van der Waals surface area contributed by atoms with Gasteiger partial charge in [-0.3, -0.25) is 9.69 Å². The van der Waals surface area contributed by atoms with Crippen molar-refractivity contribution in [2.45, 2.75) is 6.18 Å². The molecule has 0 radical (unpaired) electrons. The third kappa shape index (κ3) is 4.81. The van der Waals surface area contributed by atoms with Crippen LogP contribution in [0.2, 0.25) is 0 Å². The Balaban J connectivity index is 1.54. The van der Waals surface area contributed by atoms with Gasteiger partial charge in [-0.15, -0.1) is 0 Å². The number of amides is 1. The van der Waals surface area contributed by atoms with Crippen molar-refractivity contribution < 1.29 is 18.0 Å². The van der Waals surface area contributed by atoms with Crippen LogP contribution in [0.25, 0.3) is 0 Å². The van der Waals surface area contributed by atoms with Crippen molar-refractivity contribution >= 4 is 17.3 Å². The van der Waals surface area contributed by atoms with Crippen LogP contribution < -0.4 is 10.2 Å². The highest BCUT2D eigenvalue weighted by molar-refractivity contribution is 5.93. The maximum atomic E-state index is 12.9. The van der Waals surface area contributed by atoms with Gasteiger partial charge >= 0.3 is 6.18 Å². The van der Waals surface area contributed by atoms with Crippen LogP contribution >= 0.6 is 0 Å². The second kappa shape index (κ2) is 8.31. The lowest BCUT2D eigenvalue weighted by atomic mass is 10.1. The van der Waals surface area contributed by atoms with Crippen LogP contribution in [0.15, 0.2) is 48.5 Å². The molecule has 0 bridgehead atoms. The van der Waals surface area contributed by atoms with E-state index in [2.05, 4.69) is 5.32 Å². The van der Waals surface area contributed by atoms with Gasteiger partial charge in [-0.05, 0) is 30.3 Å². The fourth-order valence-corrected chi connectivity index (χ4v) is 3.13. The van der Waals surface area contributed by atoms with Crippen molar-refractivity contribution in [3.63, 3.8) is 0 Å². The van der Waals surface area contributed by atoms with Crippen molar-refractivity contribution in [2.24, 2.45) is 0 Å². The average Bonchev–Trinajstić information content (AvgIpc) is 2.68. The second-order valence-corrected chi connectivity index (χ2v) is 6.52. The summed E-state index contributed by atoms with van der Waals surface area (Å²) in [5.74, 6) is -0.227. The SMILES string of the molecule is N#Cc1ccccc1NC(=O)CN1CCN(c2cccc(C(F)(F)F)c2)CC1. The second-order valence-electron chi connectivity index (χ2n) is 6.52. The number of halogens is 3. The molecule has 0 atom stereocenters. The molecule has 1 heterocycles. The van der Waals surface area contributed by atoms with Crippen LogP contribution in [-0.2, 0) is 11.0 Å². The van der Waals surface area contributed by atoms with Crippen molar-refractivity contribution in [3.8, 4) is 6.07 Å². The number of carbonyl (C=O) groups excluding carboxylic acids is 1. The molecule has 0 spiro atoms. The number of benzene rings is 2. The number of nitrogens with zero attached hydrogens (tertiary/aromatic N) is 3. The molecule has 0 aromatic heterocycles. The highest BCUT2D eigenvalue weighted by Gasteiger charge is 2.31. The van der Waals surface area contributed by atoms with Gasteiger partial charge in [-0.2, -0.15) is 18.4 Å². The highest BCUT2D eigenvalue weighted by Crippen LogP contribution is 2.31. The number of hydrogen-bond acceptors (Lipinski definition) is 4. The predicted octanol–water partition coefficient (Wildman–Crippen LogP) is 3.34. The number of para-hydroxylation sites is 1. The molecule has 3 rings (SSSR count). The van der Waals surface area contributed by atoms with Crippen molar-refractivity contribution in [3.05, 3.63) is 59.7 Å². The largest absolute Gasteiger partial charge is 0.416 e. The van der Waals surface area contributed by atoms with E-state index in [-0.39, 0.29) is 12.5 Å². The van der Waals surface area contributed by atoms with Gasteiger partial charge in [0, 0.05) is 31.9 Å². The van der Waals surface area contributed by atoms with E-state index in [0.717, 1.165) is 12.1 Å². The highest BCUT2D eigenvalue weighted by atomic mass is 19.4. The first kappa shape index (κ1) is 19.7. The van der Waals surface area contributed by atoms with Gasteiger partial charge in [0.2, 0.25) is 5.91 Å².